The molecule has 0 fully saturated rings. The molecule has 0 unspecified atom stereocenters. The quantitative estimate of drug-likeness (QED) is 0.518. The average Bonchev–Trinajstić information content (AvgIpc) is 2.15. The number of nitrogen functional groups attached to an aromatic ring is 2. The molecule has 0 spiro atoms. The summed E-state index contributed by atoms with van der Waals surface area (Å²) in [7, 11) is 1.60. The second-order valence-electron chi connectivity index (χ2n) is 3.70. The van der Waals surface area contributed by atoms with E-state index in [-0.39, 0.29) is 0 Å². The number of anilines is 2. The topological polar surface area (TPSA) is 86.2 Å². The van der Waals surface area contributed by atoms with Crippen molar-refractivity contribution < 1.29 is 4.74 Å². The molecule has 5 N–H and O–H groups in total. The van der Waals surface area contributed by atoms with Gasteiger partial charge in [0.15, 0.2) is 11.6 Å². The smallest absolute Gasteiger partial charge is 0.152 e. The van der Waals surface area contributed by atoms with E-state index in [9.17, 15) is 0 Å². The highest BCUT2D eigenvalue weighted by molar-refractivity contribution is 5.73. The SMILES string of the molecule is COc1c(NN)c(N)nc(C)c1C(C)C. The van der Waals surface area contributed by atoms with Gasteiger partial charge in [-0.25, -0.2) is 4.98 Å². The molecule has 0 aromatic carbocycles. The number of hydrogen-bond donors (Lipinski definition) is 3. The standard InChI is InChI=1S/C10H18N4O/c1-5(2)7-6(3)13-10(11)8(14-12)9(7)15-4/h5,14H,12H2,1-4H3,(H2,11,13). The van der Waals surface area contributed by atoms with Gasteiger partial charge in [-0.15, -0.1) is 0 Å². The van der Waals surface area contributed by atoms with Crippen molar-refractivity contribution in [2.45, 2.75) is 26.7 Å². The van der Waals surface area contributed by atoms with Crippen LogP contribution in [0.25, 0.3) is 0 Å². The molecule has 0 aliphatic carbocycles. The van der Waals surface area contributed by atoms with Gasteiger partial charge < -0.3 is 15.9 Å². The van der Waals surface area contributed by atoms with E-state index >= 15 is 0 Å². The highest BCUT2D eigenvalue weighted by atomic mass is 16.5. The molecule has 5 heteroatoms. The molecule has 0 saturated carbocycles. The number of hydrogen-bond acceptors (Lipinski definition) is 5. The number of nitrogens with zero attached hydrogens (tertiary/aromatic N) is 1. The van der Waals surface area contributed by atoms with Crippen LogP contribution < -0.4 is 21.7 Å². The van der Waals surface area contributed by atoms with Crippen molar-refractivity contribution in [2.24, 2.45) is 5.84 Å². The second-order valence-corrected chi connectivity index (χ2v) is 3.70. The summed E-state index contributed by atoms with van der Waals surface area (Å²) in [4.78, 5) is 4.23. The van der Waals surface area contributed by atoms with E-state index in [1.54, 1.807) is 7.11 Å². The fraction of sp³-hybridized carbons (Fsp3) is 0.500. The average molecular weight is 210 g/mol. The third kappa shape index (κ3) is 1.97. The third-order valence-corrected chi connectivity index (χ3v) is 2.33. The molecule has 1 aromatic heterocycles. The third-order valence-electron chi connectivity index (χ3n) is 2.33. The van der Waals surface area contributed by atoms with Gasteiger partial charge in [0, 0.05) is 11.3 Å². The van der Waals surface area contributed by atoms with E-state index in [1.165, 1.54) is 0 Å². The molecule has 1 heterocycles. The van der Waals surface area contributed by atoms with Gasteiger partial charge in [-0.3, -0.25) is 5.84 Å². The molecule has 0 radical (unpaired) electrons. The summed E-state index contributed by atoms with van der Waals surface area (Å²) >= 11 is 0. The molecular weight excluding hydrogens is 192 g/mol. The predicted molar refractivity (Wildman–Crippen MR) is 61.8 cm³/mol. The van der Waals surface area contributed by atoms with Crippen LogP contribution in [-0.2, 0) is 0 Å². The van der Waals surface area contributed by atoms with Gasteiger partial charge in [0.05, 0.1) is 7.11 Å². The maximum atomic E-state index is 5.74. The zero-order valence-electron chi connectivity index (χ0n) is 9.59. The Morgan fingerprint density at radius 3 is 2.40 bits per heavy atom. The highest BCUT2D eigenvalue weighted by Crippen LogP contribution is 2.37. The number of aromatic nitrogens is 1. The van der Waals surface area contributed by atoms with Gasteiger partial charge in [-0.1, -0.05) is 13.8 Å². The Labute approximate surface area is 89.8 Å². The largest absolute Gasteiger partial charge is 0.494 e. The summed E-state index contributed by atoms with van der Waals surface area (Å²) in [6.07, 6.45) is 0. The zero-order chi connectivity index (χ0) is 11.6. The van der Waals surface area contributed by atoms with Gasteiger partial charge >= 0.3 is 0 Å². The van der Waals surface area contributed by atoms with Crippen molar-refractivity contribution in [1.29, 1.82) is 0 Å². The molecular formula is C10H18N4O. The van der Waals surface area contributed by atoms with Crippen molar-refractivity contribution in [3.63, 3.8) is 0 Å². The number of aryl methyl sites for hydroxylation is 1. The first-order valence-electron chi connectivity index (χ1n) is 4.83. The molecule has 1 rings (SSSR count). The molecule has 0 atom stereocenters. The lowest BCUT2D eigenvalue weighted by Crippen LogP contribution is -2.14. The maximum Gasteiger partial charge on any atom is 0.152 e. The van der Waals surface area contributed by atoms with Crippen molar-refractivity contribution in [2.75, 3.05) is 18.3 Å². The summed E-state index contributed by atoms with van der Waals surface area (Å²) in [6, 6.07) is 0. The number of methoxy groups -OCH3 is 1. The summed E-state index contributed by atoms with van der Waals surface area (Å²) in [6.45, 7) is 6.06. The lowest BCUT2D eigenvalue weighted by molar-refractivity contribution is 0.408. The van der Waals surface area contributed by atoms with E-state index in [4.69, 9.17) is 16.3 Å². The van der Waals surface area contributed by atoms with E-state index in [1.807, 2.05) is 6.92 Å². The van der Waals surface area contributed by atoms with Gasteiger partial charge in [-0.2, -0.15) is 0 Å². The second kappa shape index (κ2) is 4.35. The fourth-order valence-electron chi connectivity index (χ4n) is 1.74. The minimum Gasteiger partial charge on any atom is -0.494 e. The van der Waals surface area contributed by atoms with Gasteiger partial charge in [0.2, 0.25) is 0 Å². The predicted octanol–water partition coefficient (Wildman–Crippen LogP) is 1.39. The molecule has 0 aliphatic heterocycles. The van der Waals surface area contributed by atoms with Crippen LogP contribution in [0.1, 0.15) is 31.0 Å². The lowest BCUT2D eigenvalue weighted by atomic mass is 10.00. The number of hydrazine groups is 1. The van der Waals surface area contributed by atoms with Crippen molar-refractivity contribution in [3.05, 3.63) is 11.3 Å². The van der Waals surface area contributed by atoms with E-state index in [2.05, 4.69) is 24.3 Å². The van der Waals surface area contributed by atoms with Crippen molar-refractivity contribution in [1.82, 2.24) is 4.98 Å². The Balaban J connectivity index is 3.49. The van der Waals surface area contributed by atoms with Crippen LogP contribution >= 0.6 is 0 Å². The van der Waals surface area contributed by atoms with E-state index in [0.29, 0.717) is 23.2 Å². The number of rotatable bonds is 3. The Hall–Kier alpha value is -1.49. The normalized spacial score (nSPS) is 10.5. The molecule has 1 aromatic rings. The van der Waals surface area contributed by atoms with Gasteiger partial charge in [0.1, 0.15) is 5.69 Å². The molecule has 5 nitrogen and oxygen atoms in total. The molecule has 0 saturated heterocycles. The number of ether oxygens (including phenoxy) is 1. The Morgan fingerprint density at radius 2 is 2.00 bits per heavy atom. The minimum absolute atomic E-state index is 0.306. The lowest BCUT2D eigenvalue weighted by Gasteiger charge is -2.18. The fourth-order valence-corrected chi connectivity index (χ4v) is 1.74. The molecule has 0 bridgehead atoms. The molecule has 0 amide bonds. The molecule has 0 aliphatic rings. The van der Waals surface area contributed by atoms with Crippen molar-refractivity contribution in [3.8, 4) is 5.75 Å². The summed E-state index contributed by atoms with van der Waals surface area (Å²) in [5, 5.41) is 0. The molecule has 84 valence electrons. The van der Waals surface area contributed by atoms with Crippen LogP contribution in [0.4, 0.5) is 11.5 Å². The maximum absolute atomic E-state index is 5.74. The Morgan fingerprint density at radius 1 is 1.40 bits per heavy atom. The van der Waals surface area contributed by atoms with Crippen LogP contribution in [0.15, 0.2) is 0 Å². The van der Waals surface area contributed by atoms with Gasteiger partial charge in [0.25, 0.3) is 0 Å². The minimum atomic E-state index is 0.306. The number of nitrogens with two attached hydrogens (primary N) is 2. The highest BCUT2D eigenvalue weighted by Gasteiger charge is 2.18. The monoisotopic (exact) mass is 210 g/mol. The number of pyridine rings is 1. The summed E-state index contributed by atoms with van der Waals surface area (Å²) in [5.74, 6) is 6.74. The van der Waals surface area contributed by atoms with Crippen LogP contribution in [0.5, 0.6) is 5.75 Å². The summed E-state index contributed by atoms with van der Waals surface area (Å²) < 4.78 is 5.33. The molecule has 15 heavy (non-hydrogen) atoms. The van der Waals surface area contributed by atoms with Gasteiger partial charge in [-0.05, 0) is 12.8 Å². The van der Waals surface area contributed by atoms with E-state index < -0.39 is 0 Å². The van der Waals surface area contributed by atoms with Crippen LogP contribution in [0.3, 0.4) is 0 Å². The van der Waals surface area contributed by atoms with Crippen molar-refractivity contribution >= 4 is 11.5 Å². The Kier molecular flexibility index (Phi) is 3.36. The first-order chi connectivity index (χ1) is 7.02. The summed E-state index contributed by atoms with van der Waals surface area (Å²) in [5.41, 5.74) is 10.7. The zero-order valence-corrected chi connectivity index (χ0v) is 9.59. The van der Waals surface area contributed by atoms with Crippen LogP contribution in [0.2, 0.25) is 0 Å². The van der Waals surface area contributed by atoms with E-state index in [0.717, 1.165) is 11.3 Å². The first-order valence-corrected chi connectivity index (χ1v) is 4.83. The Bertz CT molecular complexity index is 363. The van der Waals surface area contributed by atoms with Crippen LogP contribution in [0, 0.1) is 6.92 Å². The first kappa shape index (κ1) is 11.6. The van der Waals surface area contributed by atoms with Crippen LogP contribution in [-0.4, -0.2) is 12.1 Å². The number of nitrogens with one attached hydrogen (secondary N) is 1.